The van der Waals surface area contributed by atoms with Gasteiger partial charge in [0.15, 0.2) is 0 Å². The third kappa shape index (κ3) is 4.46. The topological polar surface area (TPSA) is 88.3 Å². The predicted octanol–water partition coefficient (Wildman–Crippen LogP) is 5.24. The Morgan fingerprint density at radius 2 is 1.80 bits per heavy atom. The van der Waals surface area contributed by atoms with E-state index in [1.165, 1.54) is 27.8 Å². The van der Waals surface area contributed by atoms with Gasteiger partial charge >= 0.3 is 6.18 Å². The first-order valence-corrected chi connectivity index (χ1v) is 14.6. The van der Waals surface area contributed by atoms with Gasteiger partial charge in [0, 0.05) is 30.1 Å². The summed E-state index contributed by atoms with van der Waals surface area (Å²) in [5.41, 5.74) is 0.947. The number of aliphatic hydroxyl groups excluding tert-OH is 1. The van der Waals surface area contributed by atoms with E-state index in [0.29, 0.717) is 10.7 Å². The lowest BCUT2D eigenvalue weighted by Crippen LogP contribution is -2.52. The fourth-order valence-corrected chi connectivity index (χ4v) is 7.73. The number of hydrogen-bond acceptors (Lipinski definition) is 6. The maximum Gasteiger partial charge on any atom is 0.416 e. The minimum Gasteiger partial charge on any atom is -0.385 e. The van der Waals surface area contributed by atoms with E-state index < -0.39 is 33.3 Å². The minimum absolute atomic E-state index is 0.0710. The Morgan fingerprint density at radius 1 is 1.07 bits per heavy atom. The van der Waals surface area contributed by atoms with Crippen LogP contribution >= 0.6 is 11.3 Å². The van der Waals surface area contributed by atoms with Gasteiger partial charge in [-0.25, -0.2) is 22.5 Å². The van der Waals surface area contributed by atoms with Crippen LogP contribution in [0.3, 0.4) is 0 Å². The van der Waals surface area contributed by atoms with Gasteiger partial charge < -0.3 is 5.11 Å². The molecule has 0 spiro atoms. The maximum atomic E-state index is 13.6. The van der Waals surface area contributed by atoms with Gasteiger partial charge in [-0.05, 0) is 73.0 Å². The lowest BCUT2D eigenvalue weighted by molar-refractivity contribution is -0.137. The molecule has 0 unspecified atom stereocenters. The van der Waals surface area contributed by atoms with Gasteiger partial charge in [0.1, 0.15) is 16.9 Å². The summed E-state index contributed by atoms with van der Waals surface area (Å²) in [5, 5.41) is 18.3. The summed E-state index contributed by atoms with van der Waals surface area (Å²) in [5.74, 6) is -0.379. The monoisotopic (exact) mass is 590 g/mol. The first-order valence-electron chi connectivity index (χ1n) is 12.3. The standard InChI is InChI=1S/C27H22F4N4O3S2/c28-20-3-5-21(6-4-20)35-23-13-19-9-11-34(40(37,38)22-7-1-18(2-8-22)27(29,30)31)16-26(19,14-17(23)15-33-35)24(36)25-32-10-12-39-25/h1-8,10,12-13,15,24,36H,9,11,14,16H2/t24-,26-/m0/s1. The predicted molar refractivity (Wildman–Crippen MR) is 140 cm³/mol. The first kappa shape index (κ1) is 26.8. The SMILES string of the molecule is O=S(=O)(c1ccc(C(F)(F)F)cc1)N1CCC2=Cc3c(cnn3-c3ccc(F)cc3)C[C@]2([C@@H](O)c2nccs2)C1. The van der Waals surface area contributed by atoms with E-state index in [1.807, 2.05) is 6.08 Å². The highest BCUT2D eigenvalue weighted by Gasteiger charge is 2.51. The van der Waals surface area contributed by atoms with Crippen LogP contribution in [0.15, 0.2) is 76.8 Å². The molecular formula is C27H22F4N4O3S2. The summed E-state index contributed by atoms with van der Waals surface area (Å²) < 4.78 is 82.8. The molecule has 1 aliphatic carbocycles. The second kappa shape index (κ2) is 9.61. The smallest absolute Gasteiger partial charge is 0.385 e. The molecule has 2 aliphatic rings. The van der Waals surface area contributed by atoms with Gasteiger partial charge in [0.25, 0.3) is 0 Å². The first-order chi connectivity index (χ1) is 19.0. The molecule has 2 atom stereocenters. The van der Waals surface area contributed by atoms with Crippen LogP contribution in [-0.4, -0.2) is 45.7 Å². The van der Waals surface area contributed by atoms with Crippen molar-refractivity contribution in [2.75, 3.05) is 13.1 Å². The molecule has 2 aromatic carbocycles. The van der Waals surface area contributed by atoms with Crippen molar-refractivity contribution >= 4 is 27.4 Å². The van der Waals surface area contributed by atoms with Crippen molar-refractivity contribution in [3.63, 3.8) is 0 Å². The molecule has 0 bridgehead atoms. The van der Waals surface area contributed by atoms with Crippen LogP contribution in [0.25, 0.3) is 11.8 Å². The summed E-state index contributed by atoms with van der Waals surface area (Å²) >= 11 is 1.25. The number of aliphatic hydroxyl groups is 1. The molecule has 1 aliphatic heterocycles. The fourth-order valence-electron chi connectivity index (χ4n) is 5.48. The van der Waals surface area contributed by atoms with Crippen LogP contribution < -0.4 is 0 Å². The van der Waals surface area contributed by atoms with Gasteiger partial charge in [-0.2, -0.15) is 22.6 Å². The molecule has 13 heteroatoms. The molecule has 0 radical (unpaired) electrons. The molecule has 40 heavy (non-hydrogen) atoms. The van der Waals surface area contributed by atoms with Gasteiger partial charge in [-0.1, -0.05) is 5.57 Å². The molecule has 2 aromatic heterocycles. The Kier molecular flexibility index (Phi) is 6.44. The third-order valence-electron chi connectivity index (χ3n) is 7.53. The van der Waals surface area contributed by atoms with E-state index in [4.69, 9.17) is 0 Å². The number of hydrogen-bond donors (Lipinski definition) is 1. The van der Waals surface area contributed by atoms with Gasteiger partial charge in [-0.3, -0.25) is 0 Å². The number of halogens is 4. The number of sulfonamides is 1. The number of benzene rings is 2. The fraction of sp³-hybridized carbons (Fsp3) is 0.259. The van der Waals surface area contributed by atoms with Crippen molar-refractivity contribution in [3.05, 3.63) is 99.5 Å². The van der Waals surface area contributed by atoms with Crippen LogP contribution in [0, 0.1) is 11.2 Å². The summed E-state index contributed by atoms with van der Waals surface area (Å²) in [6.07, 6.45) is -0.117. The number of rotatable bonds is 5. The van der Waals surface area contributed by atoms with E-state index in [9.17, 15) is 31.1 Å². The zero-order chi connectivity index (χ0) is 28.3. The highest BCUT2D eigenvalue weighted by atomic mass is 32.2. The Morgan fingerprint density at radius 3 is 2.45 bits per heavy atom. The maximum absolute atomic E-state index is 13.6. The third-order valence-corrected chi connectivity index (χ3v) is 10.2. The molecule has 7 nitrogen and oxygen atoms in total. The molecule has 208 valence electrons. The average Bonchev–Trinajstić information content (AvgIpc) is 3.61. The van der Waals surface area contributed by atoms with E-state index in [0.717, 1.165) is 41.1 Å². The Hall–Kier alpha value is -3.39. The van der Waals surface area contributed by atoms with Crippen LogP contribution in [0.5, 0.6) is 0 Å². The molecule has 1 fully saturated rings. The van der Waals surface area contributed by atoms with E-state index in [2.05, 4.69) is 10.1 Å². The van der Waals surface area contributed by atoms with Crippen LogP contribution in [-0.2, 0) is 22.6 Å². The van der Waals surface area contributed by atoms with Crippen molar-refractivity contribution in [1.29, 1.82) is 0 Å². The molecule has 0 amide bonds. The normalized spacial score (nSPS) is 20.5. The number of piperidine rings is 1. The quantitative estimate of drug-likeness (QED) is 0.321. The van der Waals surface area contributed by atoms with Crippen molar-refractivity contribution in [3.8, 4) is 5.69 Å². The number of aromatic nitrogens is 3. The minimum atomic E-state index is -4.59. The summed E-state index contributed by atoms with van der Waals surface area (Å²) in [4.78, 5) is 4.03. The Bertz CT molecular complexity index is 1680. The van der Waals surface area contributed by atoms with Gasteiger partial charge in [0.2, 0.25) is 10.0 Å². The molecule has 3 heterocycles. The lowest BCUT2D eigenvalue weighted by Gasteiger charge is -2.48. The highest BCUT2D eigenvalue weighted by molar-refractivity contribution is 7.89. The van der Waals surface area contributed by atoms with Crippen molar-refractivity contribution in [2.24, 2.45) is 5.41 Å². The zero-order valence-electron chi connectivity index (χ0n) is 20.7. The van der Waals surface area contributed by atoms with E-state index in [-0.39, 0.29) is 36.6 Å². The number of alkyl halides is 3. The average molecular weight is 591 g/mol. The molecule has 0 saturated carbocycles. The summed E-state index contributed by atoms with van der Waals surface area (Å²) in [7, 11) is -4.18. The Balaban J connectivity index is 1.40. The van der Waals surface area contributed by atoms with Gasteiger partial charge in [-0.15, -0.1) is 11.3 Å². The lowest BCUT2D eigenvalue weighted by atomic mass is 9.65. The van der Waals surface area contributed by atoms with E-state index in [1.54, 1.807) is 34.6 Å². The second-order valence-electron chi connectivity index (χ2n) is 9.83. The number of fused-ring (bicyclic) bond motifs is 2. The molecule has 1 saturated heterocycles. The summed E-state index contributed by atoms with van der Waals surface area (Å²) in [6.45, 7) is -0.0361. The molecule has 1 N–H and O–H groups in total. The van der Waals surface area contributed by atoms with Gasteiger partial charge in [0.05, 0.1) is 28.0 Å². The number of thiazole rings is 1. The van der Waals surface area contributed by atoms with Crippen LogP contribution in [0.4, 0.5) is 17.6 Å². The van der Waals surface area contributed by atoms with Crippen LogP contribution in [0.2, 0.25) is 0 Å². The van der Waals surface area contributed by atoms with Crippen molar-refractivity contribution in [2.45, 2.75) is 30.0 Å². The Labute approximate surface area is 231 Å². The summed E-state index contributed by atoms with van der Waals surface area (Å²) in [6, 6.07) is 9.29. The molecule has 4 aromatic rings. The zero-order valence-corrected chi connectivity index (χ0v) is 22.3. The molecule has 6 rings (SSSR count). The largest absolute Gasteiger partial charge is 0.416 e. The highest BCUT2D eigenvalue weighted by Crippen LogP contribution is 2.52. The van der Waals surface area contributed by atoms with Crippen LogP contribution in [0.1, 0.15) is 34.4 Å². The van der Waals surface area contributed by atoms with E-state index >= 15 is 0 Å². The molecular weight excluding hydrogens is 568 g/mol. The number of nitrogens with zero attached hydrogens (tertiary/aromatic N) is 4. The van der Waals surface area contributed by atoms with Crippen molar-refractivity contribution < 1.29 is 31.1 Å². The second-order valence-corrected chi connectivity index (χ2v) is 12.7. The van der Waals surface area contributed by atoms with Crippen molar-refractivity contribution in [1.82, 2.24) is 19.1 Å².